The topological polar surface area (TPSA) is 30.5 Å². The molecule has 120 valence electrons. The molecule has 1 N–H and O–H groups in total. The predicted molar refractivity (Wildman–Crippen MR) is 84.2 cm³/mol. The Labute approximate surface area is 127 Å². The summed E-state index contributed by atoms with van der Waals surface area (Å²) in [6.45, 7) is 7.00. The van der Waals surface area contributed by atoms with Gasteiger partial charge in [-0.15, -0.1) is 0 Å². The summed E-state index contributed by atoms with van der Waals surface area (Å²) in [6, 6.07) is 7.40. The number of hydrogen-bond donors (Lipinski definition) is 1. The van der Waals surface area contributed by atoms with Gasteiger partial charge in [0.1, 0.15) is 5.82 Å². The van der Waals surface area contributed by atoms with E-state index in [4.69, 9.17) is 9.47 Å². The van der Waals surface area contributed by atoms with Crippen LogP contribution in [0.1, 0.15) is 38.2 Å². The second-order valence-electron chi connectivity index (χ2n) is 5.53. The van der Waals surface area contributed by atoms with E-state index in [1.54, 1.807) is 13.2 Å². The summed E-state index contributed by atoms with van der Waals surface area (Å²) in [5.74, 6) is 0.00321. The maximum absolute atomic E-state index is 14.0. The molecule has 0 fully saturated rings. The van der Waals surface area contributed by atoms with E-state index in [0.29, 0.717) is 25.9 Å². The molecule has 4 heteroatoms. The average Bonchev–Trinajstić information content (AvgIpc) is 2.46. The van der Waals surface area contributed by atoms with Crippen LogP contribution in [-0.4, -0.2) is 39.5 Å². The summed E-state index contributed by atoms with van der Waals surface area (Å²) in [5, 5.41) is 3.39. The first-order chi connectivity index (χ1) is 10.1. The van der Waals surface area contributed by atoms with Gasteiger partial charge in [-0.1, -0.05) is 32.0 Å². The molecule has 21 heavy (non-hydrogen) atoms. The fraction of sp³-hybridized carbons (Fsp3) is 0.647. The second-order valence-corrected chi connectivity index (χ2v) is 5.53. The van der Waals surface area contributed by atoms with E-state index < -0.39 is 0 Å². The van der Waals surface area contributed by atoms with E-state index in [9.17, 15) is 4.39 Å². The molecule has 0 radical (unpaired) electrons. The van der Waals surface area contributed by atoms with Gasteiger partial charge < -0.3 is 14.8 Å². The molecular weight excluding hydrogens is 269 g/mol. The summed E-state index contributed by atoms with van der Waals surface area (Å²) in [7, 11) is 1.69. The lowest BCUT2D eigenvalue weighted by Crippen LogP contribution is -2.29. The Morgan fingerprint density at radius 2 is 1.90 bits per heavy atom. The number of methoxy groups -OCH3 is 1. The van der Waals surface area contributed by atoms with Crippen LogP contribution in [0.15, 0.2) is 24.3 Å². The van der Waals surface area contributed by atoms with Crippen molar-refractivity contribution in [3.63, 3.8) is 0 Å². The molecule has 0 bridgehead atoms. The molecule has 0 amide bonds. The van der Waals surface area contributed by atoms with Crippen LogP contribution in [0.5, 0.6) is 0 Å². The molecule has 0 spiro atoms. The van der Waals surface area contributed by atoms with E-state index in [-0.39, 0.29) is 11.7 Å². The summed E-state index contributed by atoms with van der Waals surface area (Å²) in [5.41, 5.74) is 0.770. The minimum Gasteiger partial charge on any atom is -0.385 e. The smallest absolute Gasteiger partial charge is 0.126 e. The first kappa shape index (κ1) is 18.1. The van der Waals surface area contributed by atoms with Crippen LogP contribution in [-0.2, 0) is 9.47 Å². The maximum atomic E-state index is 14.0. The van der Waals surface area contributed by atoms with Crippen LogP contribution < -0.4 is 5.32 Å². The van der Waals surface area contributed by atoms with Crippen LogP contribution in [0.25, 0.3) is 0 Å². The van der Waals surface area contributed by atoms with E-state index in [1.165, 1.54) is 6.07 Å². The van der Waals surface area contributed by atoms with Gasteiger partial charge in [-0.2, -0.15) is 0 Å². The lowest BCUT2D eigenvalue weighted by molar-refractivity contribution is 0.0977. The van der Waals surface area contributed by atoms with Gasteiger partial charge in [-0.3, -0.25) is 0 Å². The molecule has 0 saturated carbocycles. The van der Waals surface area contributed by atoms with Gasteiger partial charge in [0.05, 0.1) is 0 Å². The Morgan fingerprint density at radius 3 is 2.57 bits per heavy atom. The molecule has 0 saturated heterocycles. The van der Waals surface area contributed by atoms with Gasteiger partial charge in [-0.05, 0) is 24.5 Å². The molecule has 0 aromatic heterocycles. The van der Waals surface area contributed by atoms with Gasteiger partial charge in [0.15, 0.2) is 0 Å². The van der Waals surface area contributed by atoms with Crippen LogP contribution >= 0.6 is 0 Å². The molecule has 1 aromatic rings. The van der Waals surface area contributed by atoms with Crippen molar-refractivity contribution in [2.75, 3.05) is 33.5 Å². The Balaban J connectivity index is 2.47. The highest BCUT2D eigenvalue weighted by atomic mass is 19.1. The van der Waals surface area contributed by atoms with Crippen molar-refractivity contribution >= 4 is 0 Å². The maximum Gasteiger partial charge on any atom is 0.126 e. The molecule has 0 aliphatic carbocycles. The first-order valence-corrected chi connectivity index (χ1v) is 7.69. The van der Waals surface area contributed by atoms with Crippen molar-refractivity contribution in [3.8, 4) is 0 Å². The Kier molecular flexibility index (Phi) is 9.22. The zero-order valence-corrected chi connectivity index (χ0v) is 13.4. The van der Waals surface area contributed by atoms with Gasteiger partial charge >= 0.3 is 0 Å². The molecule has 1 aromatic carbocycles. The standard InChI is InChI=1S/C17H28FNO2/c1-14(2)19-13-15(9-12-21-11-6-10-20-3)16-7-4-5-8-17(16)18/h4-5,7-8,14-15,19H,6,9-13H2,1-3H3. The minimum atomic E-state index is -0.132. The summed E-state index contributed by atoms with van der Waals surface area (Å²) in [6.07, 6.45) is 1.71. The number of halogens is 1. The molecule has 1 unspecified atom stereocenters. The van der Waals surface area contributed by atoms with Crippen molar-refractivity contribution < 1.29 is 13.9 Å². The number of benzene rings is 1. The third-order valence-corrected chi connectivity index (χ3v) is 3.37. The number of hydrogen-bond acceptors (Lipinski definition) is 3. The van der Waals surface area contributed by atoms with Crippen molar-refractivity contribution in [1.29, 1.82) is 0 Å². The average molecular weight is 297 g/mol. The monoisotopic (exact) mass is 297 g/mol. The van der Waals surface area contributed by atoms with Gasteiger partial charge in [0, 0.05) is 45.4 Å². The second kappa shape index (κ2) is 10.7. The van der Waals surface area contributed by atoms with Crippen LogP contribution in [0.2, 0.25) is 0 Å². The zero-order valence-electron chi connectivity index (χ0n) is 13.4. The lowest BCUT2D eigenvalue weighted by Gasteiger charge is -2.20. The summed E-state index contributed by atoms with van der Waals surface area (Å²) in [4.78, 5) is 0. The molecule has 0 aliphatic rings. The SMILES string of the molecule is COCCCOCCC(CNC(C)C)c1ccccc1F. The Morgan fingerprint density at radius 1 is 1.14 bits per heavy atom. The number of nitrogens with one attached hydrogen (secondary N) is 1. The zero-order chi connectivity index (χ0) is 15.5. The lowest BCUT2D eigenvalue weighted by atomic mass is 9.95. The van der Waals surface area contributed by atoms with E-state index in [2.05, 4.69) is 19.2 Å². The van der Waals surface area contributed by atoms with E-state index >= 15 is 0 Å². The molecule has 1 rings (SSSR count). The van der Waals surface area contributed by atoms with E-state index in [1.807, 2.05) is 12.1 Å². The quantitative estimate of drug-likeness (QED) is 0.635. The molecular formula is C17H28FNO2. The third kappa shape index (κ3) is 7.55. The molecule has 1 atom stereocenters. The summed E-state index contributed by atoms with van der Waals surface area (Å²) < 4.78 is 24.5. The Hall–Kier alpha value is -0.970. The van der Waals surface area contributed by atoms with Crippen LogP contribution in [0.4, 0.5) is 4.39 Å². The summed E-state index contributed by atoms with van der Waals surface area (Å²) >= 11 is 0. The van der Waals surface area contributed by atoms with Crippen molar-refractivity contribution in [2.45, 2.75) is 38.6 Å². The molecule has 3 nitrogen and oxygen atoms in total. The van der Waals surface area contributed by atoms with Crippen LogP contribution in [0, 0.1) is 5.82 Å². The predicted octanol–water partition coefficient (Wildman–Crippen LogP) is 3.35. The van der Waals surface area contributed by atoms with Gasteiger partial charge in [-0.25, -0.2) is 4.39 Å². The fourth-order valence-electron chi connectivity index (χ4n) is 2.18. The largest absolute Gasteiger partial charge is 0.385 e. The normalized spacial score (nSPS) is 12.8. The highest BCUT2D eigenvalue weighted by molar-refractivity contribution is 5.22. The van der Waals surface area contributed by atoms with Crippen LogP contribution in [0.3, 0.4) is 0 Å². The molecule has 0 heterocycles. The number of rotatable bonds is 11. The minimum absolute atomic E-state index is 0.132. The van der Waals surface area contributed by atoms with Gasteiger partial charge in [0.25, 0.3) is 0 Å². The Bertz CT molecular complexity index is 385. The fourth-order valence-corrected chi connectivity index (χ4v) is 2.18. The highest BCUT2D eigenvalue weighted by Gasteiger charge is 2.15. The van der Waals surface area contributed by atoms with Crippen molar-refractivity contribution in [1.82, 2.24) is 5.32 Å². The third-order valence-electron chi connectivity index (χ3n) is 3.37. The van der Waals surface area contributed by atoms with Gasteiger partial charge in [0.2, 0.25) is 0 Å². The first-order valence-electron chi connectivity index (χ1n) is 7.69. The van der Waals surface area contributed by atoms with E-state index in [0.717, 1.165) is 24.9 Å². The number of ether oxygens (including phenoxy) is 2. The molecule has 0 aliphatic heterocycles. The van der Waals surface area contributed by atoms with Crippen molar-refractivity contribution in [2.24, 2.45) is 0 Å². The van der Waals surface area contributed by atoms with Crippen molar-refractivity contribution in [3.05, 3.63) is 35.6 Å². The highest BCUT2D eigenvalue weighted by Crippen LogP contribution is 2.22.